The highest BCUT2D eigenvalue weighted by atomic mass is 79.9. The molecule has 4 aromatic carbocycles. The van der Waals surface area contributed by atoms with Crippen molar-refractivity contribution in [2.75, 3.05) is 14.2 Å². The lowest BCUT2D eigenvalue weighted by molar-refractivity contribution is 0.414. The fraction of sp³-hybridized carbons (Fsp3) is 0.0690. The topological polar surface area (TPSA) is 35.8 Å². The van der Waals surface area contributed by atoms with E-state index in [1.807, 2.05) is 36.4 Å². The van der Waals surface area contributed by atoms with Crippen LogP contribution in [0.25, 0.3) is 49.7 Å². The lowest BCUT2D eigenvalue weighted by atomic mass is 9.88. The van der Waals surface area contributed by atoms with Gasteiger partial charge < -0.3 is 9.47 Å². The van der Waals surface area contributed by atoms with Crippen molar-refractivity contribution in [1.82, 2.24) is 9.38 Å². The van der Waals surface area contributed by atoms with Gasteiger partial charge in [-0.2, -0.15) is 0 Å². The molecule has 0 aliphatic rings. The lowest BCUT2D eigenvalue weighted by Gasteiger charge is -2.17. The maximum atomic E-state index is 5.44. The molecule has 0 aliphatic heterocycles. The van der Waals surface area contributed by atoms with E-state index in [4.69, 9.17) is 14.5 Å². The number of fused-ring (bicyclic) bond motifs is 5. The number of halogens is 1. The molecule has 0 radical (unpaired) electrons. The van der Waals surface area contributed by atoms with Gasteiger partial charge in [0.1, 0.15) is 17.1 Å². The maximum Gasteiger partial charge on any atom is 0.137 e. The van der Waals surface area contributed by atoms with Gasteiger partial charge in [0.05, 0.1) is 25.3 Å². The minimum Gasteiger partial charge on any atom is -0.497 e. The molecule has 0 saturated carbocycles. The Hall–Kier alpha value is -3.83. The van der Waals surface area contributed by atoms with Crippen LogP contribution in [-0.2, 0) is 0 Å². The quantitative estimate of drug-likeness (QED) is 0.244. The summed E-state index contributed by atoms with van der Waals surface area (Å²) in [4.78, 5) is 5.06. The van der Waals surface area contributed by atoms with Gasteiger partial charge in [-0.15, -0.1) is 0 Å². The summed E-state index contributed by atoms with van der Waals surface area (Å²) < 4.78 is 14.1. The predicted molar refractivity (Wildman–Crippen MR) is 142 cm³/mol. The van der Waals surface area contributed by atoms with E-state index in [2.05, 4.69) is 75.1 Å². The average molecular weight is 509 g/mol. The number of hydrogen-bond acceptors (Lipinski definition) is 3. The summed E-state index contributed by atoms with van der Waals surface area (Å²) in [6, 6.07) is 29.1. The van der Waals surface area contributed by atoms with Crippen LogP contribution in [0.1, 0.15) is 0 Å². The Kier molecular flexibility index (Phi) is 5.00. The molecular weight excluding hydrogens is 488 g/mol. The normalized spacial score (nSPS) is 11.4. The van der Waals surface area contributed by atoms with Crippen LogP contribution in [0.3, 0.4) is 0 Å². The van der Waals surface area contributed by atoms with E-state index in [-0.39, 0.29) is 0 Å². The minimum absolute atomic E-state index is 0.827. The van der Waals surface area contributed by atoms with Gasteiger partial charge in [-0.25, -0.2) is 4.98 Å². The molecule has 6 rings (SSSR count). The van der Waals surface area contributed by atoms with Gasteiger partial charge >= 0.3 is 0 Å². The molecule has 4 nitrogen and oxygen atoms in total. The zero-order valence-electron chi connectivity index (χ0n) is 18.7. The largest absolute Gasteiger partial charge is 0.497 e. The summed E-state index contributed by atoms with van der Waals surface area (Å²) in [5.41, 5.74) is 7.49. The summed E-state index contributed by atoms with van der Waals surface area (Å²) in [6.07, 6.45) is 2.08. The lowest BCUT2D eigenvalue weighted by Crippen LogP contribution is -1.94. The van der Waals surface area contributed by atoms with E-state index >= 15 is 0 Å². The van der Waals surface area contributed by atoms with Crippen LogP contribution in [0.5, 0.6) is 11.5 Å². The molecule has 0 bridgehead atoms. The first-order chi connectivity index (χ1) is 16.7. The highest BCUT2D eigenvalue weighted by Crippen LogP contribution is 2.45. The molecule has 6 aromatic rings. The third-order valence-corrected chi connectivity index (χ3v) is 6.77. The molecule has 0 aliphatic carbocycles. The third kappa shape index (κ3) is 3.24. The molecule has 0 spiro atoms. The fourth-order valence-corrected chi connectivity index (χ4v) is 5.06. The number of benzene rings is 4. The molecule has 0 amide bonds. The van der Waals surface area contributed by atoms with Gasteiger partial charge in [0.15, 0.2) is 0 Å². The van der Waals surface area contributed by atoms with E-state index in [9.17, 15) is 0 Å². The molecule has 2 heterocycles. The number of rotatable bonds is 4. The Morgan fingerprint density at radius 1 is 0.706 bits per heavy atom. The summed E-state index contributed by atoms with van der Waals surface area (Å²) in [5, 5.41) is 2.26. The van der Waals surface area contributed by atoms with Gasteiger partial charge in [0, 0.05) is 21.6 Å². The second kappa shape index (κ2) is 8.19. The highest BCUT2D eigenvalue weighted by Gasteiger charge is 2.21. The van der Waals surface area contributed by atoms with Crippen LogP contribution in [0.2, 0.25) is 0 Å². The van der Waals surface area contributed by atoms with Crippen LogP contribution in [0.4, 0.5) is 0 Å². The van der Waals surface area contributed by atoms with E-state index < -0.39 is 0 Å². The van der Waals surface area contributed by atoms with Gasteiger partial charge in [-0.3, -0.25) is 4.40 Å². The number of hydrogen-bond donors (Lipinski definition) is 0. The van der Waals surface area contributed by atoms with Crippen molar-refractivity contribution in [1.29, 1.82) is 0 Å². The van der Waals surface area contributed by atoms with Crippen molar-refractivity contribution in [3.8, 4) is 33.8 Å². The first kappa shape index (κ1) is 20.8. The van der Waals surface area contributed by atoms with Gasteiger partial charge in [-0.05, 0) is 70.6 Å². The maximum absolute atomic E-state index is 5.44. The molecule has 0 fully saturated rings. The zero-order chi connectivity index (χ0) is 23.2. The van der Waals surface area contributed by atoms with E-state index in [1.165, 1.54) is 0 Å². The Morgan fingerprint density at radius 2 is 1.35 bits per heavy atom. The van der Waals surface area contributed by atoms with Crippen LogP contribution in [-0.4, -0.2) is 23.6 Å². The number of aromatic nitrogens is 2. The van der Waals surface area contributed by atoms with Gasteiger partial charge in [-0.1, -0.05) is 52.3 Å². The first-order valence-electron chi connectivity index (χ1n) is 11.0. The number of ether oxygens (including phenoxy) is 2. The van der Waals surface area contributed by atoms with Crippen LogP contribution < -0.4 is 9.47 Å². The predicted octanol–water partition coefficient (Wildman–Crippen LogP) is 7.75. The standard InChI is InChI=1S/C29H21BrN2O2/c1-33-21-11-6-18(7-12-21)26-24-17-20(30)10-15-23(24)28-29(32-16-4-3-5-25(32)31-28)27(26)19-8-13-22(34-2)14-9-19/h3-17H,1-2H3. The van der Waals surface area contributed by atoms with Crippen molar-refractivity contribution >= 4 is 43.4 Å². The zero-order valence-corrected chi connectivity index (χ0v) is 20.3. The number of pyridine rings is 1. The molecule has 0 saturated heterocycles. The van der Waals surface area contributed by atoms with Gasteiger partial charge in [0.2, 0.25) is 0 Å². The molecule has 2 aromatic heterocycles. The smallest absolute Gasteiger partial charge is 0.137 e. The number of methoxy groups -OCH3 is 2. The summed E-state index contributed by atoms with van der Waals surface area (Å²) in [5.74, 6) is 1.66. The molecular formula is C29H21BrN2O2. The fourth-order valence-electron chi connectivity index (χ4n) is 4.70. The van der Waals surface area contributed by atoms with Gasteiger partial charge in [0.25, 0.3) is 0 Å². The number of imidazole rings is 1. The molecule has 5 heteroatoms. The molecule has 34 heavy (non-hydrogen) atoms. The third-order valence-electron chi connectivity index (χ3n) is 6.28. The first-order valence-corrected chi connectivity index (χ1v) is 11.8. The van der Waals surface area contributed by atoms with Crippen LogP contribution in [0.15, 0.2) is 95.6 Å². The van der Waals surface area contributed by atoms with Crippen molar-refractivity contribution in [3.05, 3.63) is 95.6 Å². The van der Waals surface area contributed by atoms with Crippen molar-refractivity contribution in [3.63, 3.8) is 0 Å². The molecule has 166 valence electrons. The van der Waals surface area contributed by atoms with Crippen molar-refractivity contribution < 1.29 is 9.47 Å². The van der Waals surface area contributed by atoms with E-state index in [0.717, 1.165) is 65.7 Å². The van der Waals surface area contributed by atoms with Crippen LogP contribution in [0, 0.1) is 0 Å². The Morgan fingerprint density at radius 3 is 2.00 bits per heavy atom. The molecule has 0 atom stereocenters. The minimum atomic E-state index is 0.827. The van der Waals surface area contributed by atoms with E-state index in [1.54, 1.807) is 14.2 Å². The molecule has 0 N–H and O–H groups in total. The van der Waals surface area contributed by atoms with Crippen molar-refractivity contribution in [2.45, 2.75) is 0 Å². The highest BCUT2D eigenvalue weighted by molar-refractivity contribution is 9.10. The monoisotopic (exact) mass is 508 g/mol. The van der Waals surface area contributed by atoms with Crippen LogP contribution >= 0.6 is 15.9 Å². The van der Waals surface area contributed by atoms with Crippen molar-refractivity contribution in [2.24, 2.45) is 0 Å². The summed E-state index contributed by atoms with van der Waals surface area (Å²) in [7, 11) is 3.38. The molecule has 0 unspecified atom stereocenters. The Labute approximate surface area is 205 Å². The Bertz CT molecular complexity index is 1670. The summed E-state index contributed by atoms with van der Waals surface area (Å²) >= 11 is 3.70. The summed E-state index contributed by atoms with van der Waals surface area (Å²) in [6.45, 7) is 0. The average Bonchev–Trinajstić information content (AvgIpc) is 3.27. The van der Waals surface area contributed by atoms with E-state index in [0.29, 0.717) is 0 Å². The second-order valence-electron chi connectivity index (χ2n) is 8.13. The number of nitrogens with zero attached hydrogens (tertiary/aromatic N) is 2. The second-order valence-corrected chi connectivity index (χ2v) is 9.05. The Balaban J connectivity index is 1.84. The SMILES string of the molecule is COc1ccc(-c2c(-c3ccc(OC)cc3)c3c(nc4ccccn43)c3ccc(Br)cc23)cc1.